The van der Waals surface area contributed by atoms with Crippen LogP contribution >= 0.6 is 0 Å². The predicted octanol–water partition coefficient (Wildman–Crippen LogP) is 5.00. The highest BCUT2D eigenvalue weighted by atomic mass is 19.1. The van der Waals surface area contributed by atoms with Crippen molar-refractivity contribution >= 4 is 23.0 Å². The van der Waals surface area contributed by atoms with Gasteiger partial charge in [0.1, 0.15) is 17.3 Å². The van der Waals surface area contributed by atoms with E-state index in [2.05, 4.69) is 15.6 Å². The minimum Gasteiger partial charge on any atom is -0.491 e. The molecule has 3 rings (SSSR count). The largest absolute Gasteiger partial charge is 0.491 e. The van der Waals surface area contributed by atoms with Gasteiger partial charge in [-0.25, -0.2) is 4.39 Å². The van der Waals surface area contributed by atoms with E-state index in [1.54, 1.807) is 54.7 Å². The fourth-order valence-electron chi connectivity index (χ4n) is 2.42. The highest BCUT2D eigenvalue weighted by Gasteiger charge is 2.09. The van der Waals surface area contributed by atoms with Crippen LogP contribution in [-0.4, -0.2) is 17.0 Å². The lowest BCUT2D eigenvalue weighted by Crippen LogP contribution is -2.14. The fourth-order valence-corrected chi connectivity index (χ4v) is 2.42. The Labute approximate surface area is 157 Å². The van der Waals surface area contributed by atoms with Gasteiger partial charge in [-0.05, 0) is 74.5 Å². The van der Waals surface area contributed by atoms with Crippen LogP contribution in [0.5, 0.6) is 5.75 Å². The summed E-state index contributed by atoms with van der Waals surface area (Å²) in [5.41, 5.74) is 2.32. The molecule has 5 nitrogen and oxygen atoms in total. The molecule has 27 heavy (non-hydrogen) atoms. The number of nitrogens with one attached hydrogen (secondary N) is 2. The van der Waals surface area contributed by atoms with Gasteiger partial charge in [-0.15, -0.1) is 0 Å². The Kier molecular flexibility index (Phi) is 5.66. The highest BCUT2D eigenvalue weighted by molar-refractivity contribution is 6.03. The maximum Gasteiger partial charge on any atom is 0.274 e. The number of benzene rings is 2. The minimum atomic E-state index is -0.324. The molecule has 0 bridgehead atoms. The Balaban J connectivity index is 1.67. The Bertz CT molecular complexity index is 909. The van der Waals surface area contributed by atoms with E-state index in [0.29, 0.717) is 11.4 Å². The summed E-state index contributed by atoms with van der Waals surface area (Å²) in [6, 6.07) is 16.5. The number of carbonyl (C=O) groups is 1. The molecule has 2 N–H and O–H groups in total. The zero-order valence-corrected chi connectivity index (χ0v) is 15.1. The summed E-state index contributed by atoms with van der Waals surface area (Å²) in [4.78, 5) is 16.6. The Hall–Kier alpha value is -3.41. The normalized spacial score (nSPS) is 10.5. The number of amides is 1. The zero-order chi connectivity index (χ0) is 19.2. The second-order valence-corrected chi connectivity index (χ2v) is 6.21. The van der Waals surface area contributed by atoms with E-state index in [1.807, 2.05) is 13.8 Å². The lowest BCUT2D eigenvalue weighted by atomic mass is 10.2. The molecule has 1 heterocycles. The Morgan fingerprint density at radius 1 is 0.963 bits per heavy atom. The highest BCUT2D eigenvalue weighted by Crippen LogP contribution is 2.19. The number of hydrogen-bond acceptors (Lipinski definition) is 4. The molecule has 0 aliphatic rings. The van der Waals surface area contributed by atoms with Crippen molar-refractivity contribution in [2.75, 3.05) is 10.6 Å². The molecule has 0 saturated heterocycles. The van der Waals surface area contributed by atoms with E-state index < -0.39 is 0 Å². The van der Waals surface area contributed by atoms with E-state index in [0.717, 1.165) is 11.4 Å². The average Bonchev–Trinajstić information content (AvgIpc) is 2.65. The van der Waals surface area contributed by atoms with Gasteiger partial charge in [0, 0.05) is 23.3 Å². The van der Waals surface area contributed by atoms with Gasteiger partial charge in [-0.2, -0.15) is 0 Å². The summed E-state index contributed by atoms with van der Waals surface area (Å²) < 4.78 is 18.6. The average molecular weight is 365 g/mol. The van der Waals surface area contributed by atoms with Crippen LogP contribution in [0.1, 0.15) is 24.3 Å². The molecule has 0 unspecified atom stereocenters. The third kappa shape index (κ3) is 5.28. The van der Waals surface area contributed by atoms with Crippen LogP contribution in [0, 0.1) is 5.82 Å². The molecule has 0 radical (unpaired) electrons. The topological polar surface area (TPSA) is 63.2 Å². The fraction of sp³-hybridized carbons (Fsp3) is 0.143. The molecule has 0 spiro atoms. The van der Waals surface area contributed by atoms with Crippen molar-refractivity contribution in [3.63, 3.8) is 0 Å². The third-order valence-electron chi connectivity index (χ3n) is 3.61. The summed E-state index contributed by atoms with van der Waals surface area (Å²) in [6.07, 6.45) is 1.63. The lowest BCUT2D eigenvalue weighted by molar-refractivity contribution is 0.102. The van der Waals surface area contributed by atoms with Gasteiger partial charge >= 0.3 is 0 Å². The zero-order valence-electron chi connectivity index (χ0n) is 15.1. The van der Waals surface area contributed by atoms with Crippen LogP contribution in [0.4, 0.5) is 21.5 Å². The third-order valence-corrected chi connectivity index (χ3v) is 3.61. The van der Waals surface area contributed by atoms with E-state index in [4.69, 9.17) is 4.74 Å². The van der Waals surface area contributed by atoms with Crippen LogP contribution in [0.25, 0.3) is 0 Å². The molecule has 6 heteroatoms. The second-order valence-electron chi connectivity index (χ2n) is 6.21. The van der Waals surface area contributed by atoms with Crippen molar-refractivity contribution in [1.29, 1.82) is 0 Å². The summed E-state index contributed by atoms with van der Waals surface area (Å²) in [5.74, 6) is 0.113. The van der Waals surface area contributed by atoms with Crippen LogP contribution < -0.4 is 15.4 Å². The van der Waals surface area contributed by atoms with Gasteiger partial charge in [0.05, 0.1) is 6.10 Å². The van der Waals surface area contributed by atoms with E-state index >= 15 is 0 Å². The molecule has 0 saturated carbocycles. The monoisotopic (exact) mass is 365 g/mol. The molecule has 3 aromatic rings. The lowest BCUT2D eigenvalue weighted by Gasteiger charge is -2.11. The number of hydrogen-bond donors (Lipinski definition) is 2. The van der Waals surface area contributed by atoms with Crippen molar-refractivity contribution in [1.82, 2.24) is 4.98 Å². The first-order valence-electron chi connectivity index (χ1n) is 8.56. The number of carbonyl (C=O) groups excluding carboxylic acids is 1. The van der Waals surface area contributed by atoms with Crippen LogP contribution in [0.2, 0.25) is 0 Å². The first-order valence-corrected chi connectivity index (χ1v) is 8.56. The standard InChI is InChI=1S/C21H20FN3O2/c1-14(2)27-19-9-7-17(8-10-19)25-21(26)20-13-18(11-12-23-20)24-16-5-3-15(22)4-6-16/h3-14H,1-2H3,(H,23,24)(H,25,26). The number of ether oxygens (including phenoxy) is 1. The van der Waals surface area contributed by atoms with Crippen molar-refractivity contribution < 1.29 is 13.9 Å². The van der Waals surface area contributed by atoms with Crippen molar-refractivity contribution in [2.24, 2.45) is 0 Å². The Morgan fingerprint density at radius 2 is 1.63 bits per heavy atom. The van der Waals surface area contributed by atoms with Crippen LogP contribution in [-0.2, 0) is 0 Å². The first kappa shape index (κ1) is 18.4. The van der Waals surface area contributed by atoms with Crippen molar-refractivity contribution in [3.8, 4) is 5.75 Å². The Morgan fingerprint density at radius 3 is 2.30 bits per heavy atom. The van der Waals surface area contributed by atoms with Gasteiger partial charge in [0.15, 0.2) is 0 Å². The van der Waals surface area contributed by atoms with Gasteiger partial charge in [-0.1, -0.05) is 0 Å². The van der Waals surface area contributed by atoms with Gasteiger partial charge < -0.3 is 15.4 Å². The molecule has 0 aliphatic carbocycles. The second kappa shape index (κ2) is 8.31. The number of rotatable bonds is 6. The predicted molar refractivity (Wildman–Crippen MR) is 104 cm³/mol. The van der Waals surface area contributed by atoms with E-state index in [9.17, 15) is 9.18 Å². The summed E-state index contributed by atoms with van der Waals surface area (Å²) in [6.45, 7) is 3.91. The molecule has 1 aromatic heterocycles. The summed E-state index contributed by atoms with van der Waals surface area (Å²) in [5, 5.41) is 5.92. The van der Waals surface area contributed by atoms with Gasteiger partial charge in [0.2, 0.25) is 0 Å². The van der Waals surface area contributed by atoms with Gasteiger partial charge in [0.25, 0.3) is 5.91 Å². The first-order chi connectivity index (χ1) is 13.0. The number of anilines is 3. The number of pyridine rings is 1. The SMILES string of the molecule is CC(C)Oc1ccc(NC(=O)c2cc(Nc3ccc(F)cc3)ccn2)cc1. The quantitative estimate of drug-likeness (QED) is 0.645. The molecule has 0 fully saturated rings. The summed E-state index contributed by atoms with van der Waals surface area (Å²) in [7, 11) is 0. The molecule has 0 aliphatic heterocycles. The molecular weight excluding hydrogens is 345 g/mol. The van der Waals surface area contributed by atoms with Crippen molar-refractivity contribution in [2.45, 2.75) is 20.0 Å². The van der Waals surface area contributed by atoms with Crippen LogP contribution in [0.15, 0.2) is 66.9 Å². The van der Waals surface area contributed by atoms with E-state index in [1.165, 1.54) is 12.1 Å². The molecular formula is C21H20FN3O2. The number of halogens is 1. The smallest absolute Gasteiger partial charge is 0.274 e. The molecule has 2 aromatic carbocycles. The number of nitrogens with zero attached hydrogens (tertiary/aromatic N) is 1. The summed E-state index contributed by atoms with van der Waals surface area (Å²) >= 11 is 0. The van der Waals surface area contributed by atoms with Gasteiger partial charge in [-0.3, -0.25) is 9.78 Å². The molecule has 0 atom stereocenters. The molecule has 1 amide bonds. The molecule has 138 valence electrons. The van der Waals surface area contributed by atoms with E-state index in [-0.39, 0.29) is 23.5 Å². The maximum atomic E-state index is 13.0. The minimum absolute atomic E-state index is 0.0889. The van der Waals surface area contributed by atoms with Crippen molar-refractivity contribution in [3.05, 3.63) is 78.4 Å². The maximum absolute atomic E-state index is 13.0. The number of aromatic nitrogens is 1. The van der Waals surface area contributed by atoms with Crippen LogP contribution in [0.3, 0.4) is 0 Å².